The molecule has 8 nitrogen and oxygen atoms in total. The number of carbonyl (C=O) groups excluding carboxylic acids is 1. The number of carbonyl (C=O) groups is 1. The number of nitrogens with one attached hydrogen (secondary N) is 2. The first-order valence-corrected chi connectivity index (χ1v) is 13.1. The third-order valence-corrected chi connectivity index (χ3v) is 7.28. The number of aromatic nitrogens is 3. The predicted octanol–water partition coefficient (Wildman–Crippen LogP) is 3.78. The Kier molecular flexibility index (Phi) is 6.84. The second-order valence-corrected chi connectivity index (χ2v) is 11.1. The monoisotopic (exact) mass is 512 g/mol. The van der Waals surface area contributed by atoms with E-state index in [1.165, 1.54) is 0 Å². The zero-order chi connectivity index (χ0) is 27.0. The zero-order valence-electron chi connectivity index (χ0n) is 22.8. The van der Waals surface area contributed by atoms with Gasteiger partial charge in [0.1, 0.15) is 5.82 Å². The molecule has 0 spiro atoms. The average molecular weight is 513 g/mol. The molecule has 0 fully saturated rings. The van der Waals surface area contributed by atoms with Gasteiger partial charge in [0, 0.05) is 37.9 Å². The molecule has 3 heterocycles. The molecule has 0 saturated heterocycles. The van der Waals surface area contributed by atoms with Gasteiger partial charge in [-0.1, -0.05) is 49.7 Å². The summed E-state index contributed by atoms with van der Waals surface area (Å²) in [5, 5.41) is 6.44. The first-order valence-electron chi connectivity index (χ1n) is 13.1. The normalized spacial score (nSPS) is 15.5. The van der Waals surface area contributed by atoms with Crippen LogP contribution in [-0.4, -0.2) is 46.2 Å². The van der Waals surface area contributed by atoms with E-state index < -0.39 is 0 Å². The van der Waals surface area contributed by atoms with Crippen LogP contribution in [0.25, 0.3) is 11.2 Å². The molecule has 1 amide bonds. The van der Waals surface area contributed by atoms with E-state index in [1.54, 1.807) is 11.6 Å². The van der Waals surface area contributed by atoms with Gasteiger partial charge >= 0.3 is 5.69 Å². The topological polar surface area (TPSA) is 84.2 Å². The lowest BCUT2D eigenvalue weighted by molar-refractivity contribution is 0.0937. The number of amides is 1. The van der Waals surface area contributed by atoms with Gasteiger partial charge in [-0.2, -0.15) is 0 Å². The molecule has 2 aromatic carbocycles. The molecule has 1 aliphatic rings. The molecule has 1 unspecified atom stereocenters. The minimum absolute atomic E-state index is 0.0730. The van der Waals surface area contributed by atoms with Crippen molar-refractivity contribution in [2.24, 2.45) is 12.5 Å². The molecule has 2 N–H and O–H groups in total. The predicted molar refractivity (Wildman–Crippen MR) is 152 cm³/mol. The van der Waals surface area contributed by atoms with Gasteiger partial charge in [0.2, 0.25) is 0 Å². The molecule has 0 radical (unpaired) electrons. The number of para-hydroxylation sites is 1. The molecule has 5 rings (SSSR count). The summed E-state index contributed by atoms with van der Waals surface area (Å²) in [6, 6.07) is 19.7. The van der Waals surface area contributed by atoms with Crippen molar-refractivity contribution in [3.05, 3.63) is 87.8 Å². The van der Waals surface area contributed by atoms with Crippen molar-refractivity contribution in [1.82, 2.24) is 24.8 Å². The highest BCUT2D eigenvalue weighted by molar-refractivity contribution is 5.94. The quantitative estimate of drug-likeness (QED) is 0.394. The SMILES string of the molecule is CNCC(C)(C)Cn1c(=O)n(C)c2nc(N3CC(NC(=O)c4ccc(C)cc4)Cc4ccccc43)ccc21. The van der Waals surface area contributed by atoms with Gasteiger partial charge in [-0.05, 0) is 61.7 Å². The van der Waals surface area contributed by atoms with E-state index >= 15 is 0 Å². The van der Waals surface area contributed by atoms with Crippen LogP contribution in [0.1, 0.15) is 35.3 Å². The molecule has 1 aliphatic heterocycles. The van der Waals surface area contributed by atoms with Gasteiger partial charge < -0.3 is 15.5 Å². The summed E-state index contributed by atoms with van der Waals surface area (Å²) < 4.78 is 3.44. The number of benzene rings is 2. The molecular formula is C30H36N6O2. The second kappa shape index (κ2) is 10.1. The molecule has 0 bridgehead atoms. The fourth-order valence-electron chi connectivity index (χ4n) is 5.41. The summed E-state index contributed by atoms with van der Waals surface area (Å²) >= 11 is 0. The maximum Gasteiger partial charge on any atom is 0.330 e. The summed E-state index contributed by atoms with van der Waals surface area (Å²) in [6.07, 6.45) is 0.738. The van der Waals surface area contributed by atoms with Crippen LogP contribution in [0, 0.1) is 12.3 Å². The molecule has 4 aromatic rings. The first kappa shape index (κ1) is 25.7. The minimum atomic E-state index is -0.0970. The van der Waals surface area contributed by atoms with Crippen molar-refractivity contribution >= 4 is 28.6 Å². The third-order valence-electron chi connectivity index (χ3n) is 7.28. The van der Waals surface area contributed by atoms with Gasteiger partial charge in [0.15, 0.2) is 5.65 Å². The summed E-state index contributed by atoms with van der Waals surface area (Å²) in [6.45, 7) is 8.26. The fourth-order valence-corrected chi connectivity index (χ4v) is 5.41. The smallest absolute Gasteiger partial charge is 0.330 e. The standard InChI is InChI=1S/C30H36N6O2/c1-20-10-12-21(13-11-20)28(37)32-23-16-22-8-6-7-9-24(22)35(17-23)26-15-14-25-27(33-26)34(5)29(38)36(25)19-30(2,3)18-31-4/h6-15,23,31H,16-19H2,1-5H3,(H,32,37). The van der Waals surface area contributed by atoms with Crippen LogP contribution in [0.15, 0.2) is 65.5 Å². The van der Waals surface area contributed by atoms with E-state index in [9.17, 15) is 9.59 Å². The molecule has 38 heavy (non-hydrogen) atoms. The molecule has 2 aromatic heterocycles. The van der Waals surface area contributed by atoms with Gasteiger partial charge in [0.25, 0.3) is 5.91 Å². The molecule has 8 heteroatoms. The van der Waals surface area contributed by atoms with Crippen LogP contribution in [-0.2, 0) is 20.0 Å². The van der Waals surface area contributed by atoms with E-state index in [1.807, 2.05) is 67.1 Å². The number of aryl methyl sites for hydroxylation is 2. The summed E-state index contributed by atoms with van der Waals surface area (Å²) in [4.78, 5) is 33.3. The average Bonchev–Trinajstić information content (AvgIpc) is 3.12. The van der Waals surface area contributed by atoms with Crippen molar-refractivity contribution in [1.29, 1.82) is 0 Å². The maximum absolute atomic E-state index is 13.2. The zero-order valence-corrected chi connectivity index (χ0v) is 22.8. The number of anilines is 2. The summed E-state index contributed by atoms with van der Waals surface area (Å²) in [7, 11) is 3.70. The summed E-state index contributed by atoms with van der Waals surface area (Å²) in [5.41, 5.74) is 5.29. The number of hydrogen-bond donors (Lipinski definition) is 2. The number of hydrogen-bond acceptors (Lipinski definition) is 5. The Bertz CT molecular complexity index is 1530. The van der Waals surface area contributed by atoms with Crippen molar-refractivity contribution in [2.75, 3.05) is 25.0 Å². The van der Waals surface area contributed by atoms with Gasteiger partial charge in [-0.25, -0.2) is 9.78 Å². The fraction of sp³-hybridized carbons (Fsp3) is 0.367. The van der Waals surface area contributed by atoms with Crippen LogP contribution in [0.5, 0.6) is 0 Å². The Labute approximate surface area is 223 Å². The Morgan fingerprint density at radius 2 is 1.82 bits per heavy atom. The Hall–Kier alpha value is -3.91. The number of imidazole rings is 1. The van der Waals surface area contributed by atoms with Crippen molar-refractivity contribution in [3.63, 3.8) is 0 Å². The lowest BCUT2D eigenvalue weighted by Crippen LogP contribution is -2.47. The first-order chi connectivity index (χ1) is 18.2. The van der Waals surface area contributed by atoms with Crippen molar-refractivity contribution in [2.45, 2.75) is 39.8 Å². The van der Waals surface area contributed by atoms with E-state index in [0.29, 0.717) is 24.3 Å². The van der Waals surface area contributed by atoms with Crippen LogP contribution in [0.2, 0.25) is 0 Å². The van der Waals surface area contributed by atoms with E-state index in [2.05, 4.69) is 41.5 Å². The Balaban J connectivity index is 1.48. The highest BCUT2D eigenvalue weighted by Crippen LogP contribution is 2.33. The second-order valence-electron chi connectivity index (χ2n) is 11.1. The van der Waals surface area contributed by atoms with Crippen LogP contribution in [0.3, 0.4) is 0 Å². The van der Waals surface area contributed by atoms with Crippen molar-refractivity contribution in [3.8, 4) is 0 Å². The van der Waals surface area contributed by atoms with Crippen LogP contribution >= 0.6 is 0 Å². The van der Waals surface area contributed by atoms with Crippen LogP contribution < -0.4 is 21.2 Å². The Morgan fingerprint density at radius 1 is 1.08 bits per heavy atom. The Morgan fingerprint density at radius 3 is 2.55 bits per heavy atom. The number of fused-ring (bicyclic) bond motifs is 2. The summed E-state index contributed by atoms with van der Waals surface area (Å²) in [5.74, 6) is 0.669. The molecule has 0 saturated carbocycles. The molecule has 198 valence electrons. The van der Waals surface area contributed by atoms with E-state index in [-0.39, 0.29) is 23.1 Å². The van der Waals surface area contributed by atoms with Gasteiger partial charge in [-0.3, -0.25) is 13.9 Å². The lowest BCUT2D eigenvalue weighted by atomic mass is 9.93. The number of rotatable bonds is 7. The van der Waals surface area contributed by atoms with Gasteiger partial charge in [0.05, 0.1) is 11.6 Å². The minimum Gasteiger partial charge on any atom is -0.347 e. The van der Waals surface area contributed by atoms with Crippen LogP contribution in [0.4, 0.5) is 11.5 Å². The molecule has 0 aliphatic carbocycles. The number of pyridine rings is 1. The van der Waals surface area contributed by atoms with E-state index in [4.69, 9.17) is 4.98 Å². The third kappa shape index (κ3) is 4.96. The maximum atomic E-state index is 13.2. The highest BCUT2D eigenvalue weighted by Gasteiger charge is 2.28. The molecular weight excluding hydrogens is 476 g/mol. The highest BCUT2D eigenvalue weighted by atomic mass is 16.2. The largest absolute Gasteiger partial charge is 0.347 e. The van der Waals surface area contributed by atoms with Crippen molar-refractivity contribution < 1.29 is 4.79 Å². The lowest BCUT2D eigenvalue weighted by Gasteiger charge is -2.35. The van der Waals surface area contributed by atoms with E-state index in [0.717, 1.165) is 41.1 Å². The number of nitrogens with zero attached hydrogens (tertiary/aromatic N) is 4. The van der Waals surface area contributed by atoms with Gasteiger partial charge in [-0.15, -0.1) is 0 Å². The molecule has 1 atom stereocenters.